The van der Waals surface area contributed by atoms with Crippen molar-refractivity contribution in [1.29, 1.82) is 0 Å². The van der Waals surface area contributed by atoms with E-state index in [1.54, 1.807) is 48.7 Å². The summed E-state index contributed by atoms with van der Waals surface area (Å²) in [5, 5.41) is 13.9. The van der Waals surface area contributed by atoms with Gasteiger partial charge < -0.3 is 15.2 Å². The Morgan fingerprint density at radius 1 is 0.857 bits per heavy atom. The third-order valence-corrected chi connectivity index (χ3v) is 4.08. The van der Waals surface area contributed by atoms with Crippen molar-refractivity contribution in [3.05, 3.63) is 90.6 Å². The number of hydrogen-bond donors (Lipinski definition) is 2. The molecule has 4 rings (SSSR count). The van der Waals surface area contributed by atoms with E-state index in [2.05, 4.69) is 10.3 Å². The van der Waals surface area contributed by atoms with E-state index in [9.17, 15) is 9.90 Å². The van der Waals surface area contributed by atoms with Crippen molar-refractivity contribution in [3.8, 4) is 17.2 Å². The van der Waals surface area contributed by atoms with E-state index in [-0.39, 0.29) is 23.7 Å². The van der Waals surface area contributed by atoms with E-state index >= 15 is 0 Å². The molecule has 1 heterocycles. The first-order valence-electron chi connectivity index (χ1n) is 8.42. The summed E-state index contributed by atoms with van der Waals surface area (Å²) in [6.07, 6.45) is 1.58. The lowest BCUT2D eigenvalue weighted by Gasteiger charge is -2.10. The Bertz CT molecular complexity index is 1100. The fourth-order valence-corrected chi connectivity index (χ4v) is 2.74. The van der Waals surface area contributed by atoms with Gasteiger partial charge in [0, 0.05) is 17.3 Å². The number of aromatic hydroxyl groups is 1. The third kappa shape index (κ3) is 4.05. The zero-order chi connectivity index (χ0) is 18.6. The van der Waals surface area contributed by atoms with Gasteiger partial charge >= 0.3 is 0 Å². The van der Waals surface area contributed by atoms with Gasteiger partial charge in [0.1, 0.15) is 17.0 Å². The van der Waals surface area contributed by atoms with Crippen LogP contribution in [0, 0.1) is 0 Å². The molecule has 3 aromatic carbocycles. The number of para-hydroxylation sites is 1. The highest BCUT2D eigenvalue weighted by Gasteiger charge is 2.14. The molecule has 0 aliphatic rings. The second-order valence-electron chi connectivity index (χ2n) is 5.93. The molecule has 1 amide bonds. The molecule has 0 aliphatic heterocycles. The number of phenolic OH excluding ortho intramolecular Hbond substituents is 1. The van der Waals surface area contributed by atoms with Crippen LogP contribution in [0.3, 0.4) is 0 Å². The summed E-state index contributed by atoms with van der Waals surface area (Å²) >= 11 is 0. The van der Waals surface area contributed by atoms with Gasteiger partial charge in [-0.25, -0.2) is 0 Å². The number of benzene rings is 3. The molecule has 0 saturated carbocycles. The van der Waals surface area contributed by atoms with Crippen LogP contribution in [0.1, 0.15) is 10.4 Å². The highest BCUT2D eigenvalue weighted by molar-refractivity contribution is 6.09. The van der Waals surface area contributed by atoms with Gasteiger partial charge in [-0.15, -0.1) is 12.4 Å². The van der Waals surface area contributed by atoms with Crippen LogP contribution in [-0.2, 0) is 0 Å². The zero-order valence-corrected chi connectivity index (χ0v) is 15.5. The number of nitrogens with one attached hydrogen (secondary N) is 1. The van der Waals surface area contributed by atoms with Crippen LogP contribution in [0.2, 0.25) is 0 Å². The summed E-state index contributed by atoms with van der Waals surface area (Å²) in [6, 6.07) is 23.4. The van der Waals surface area contributed by atoms with Gasteiger partial charge in [-0.3, -0.25) is 9.78 Å². The number of carbonyl (C=O) groups excluding carboxylic acids is 1. The average molecular weight is 393 g/mol. The predicted octanol–water partition coefficient (Wildman–Crippen LogP) is 5.41. The van der Waals surface area contributed by atoms with Crippen molar-refractivity contribution in [2.75, 3.05) is 5.32 Å². The monoisotopic (exact) mass is 392 g/mol. The van der Waals surface area contributed by atoms with Gasteiger partial charge in [0.2, 0.25) is 0 Å². The maximum atomic E-state index is 12.5. The molecule has 5 nitrogen and oxygen atoms in total. The number of nitrogens with zero attached hydrogens (tertiary/aromatic N) is 1. The molecule has 0 spiro atoms. The molecule has 0 unspecified atom stereocenters. The van der Waals surface area contributed by atoms with E-state index in [0.29, 0.717) is 17.0 Å². The third-order valence-electron chi connectivity index (χ3n) is 4.08. The summed E-state index contributed by atoms with van der Waals surface area (Å²) in [5.74, 6) is 0.867. The number of ether oxygens (including phenoxy) is 1. The molecule has 140 valence electrons. The highest BCUT2D eigenvalue weighted by atomic mass is 35.5. The number of rotatable bonds is 4. The predicted molar refractivity (Wildman–Crippen MR) is 112 cm³/mol. The Morgan fingerprint density at radius 2 is 1.57 bits per heavy atom. The van der Waals surface area contributed by atoms with E-state index in [0.717, 1.165) is 11.1 Å². The molecule has 0 bridgehead atoms. The Balaban J connectivity index is 0.00000225. The number of amides is 1. The first-order valence-corrected chi connectivity index (χ1v) is 8.42. The highest BCUT2D eigenvalue weighted by Crippen LogP contribution is 2.28. The lowest BCUT2D eigenvalue weighted by molar-refractivity contribution is 0.102. The molecule has 4 aromatic rings. The van der Waals surface area contributed by atoms with Crippen molar-refractivity contribution >= 4 is 34.9 Å². The normalized spacial score (nSPS) is 10.1. The summed E-state index contributed by atoms with van der Waals surface area (Å²) < 4.78 is 5.73. The molecule has 1 aromatic heterocycles. The Kier molecular flexibility index (Phi) is 5.77. The number of aromatic nitrogens is 1. The van der Waals surface area contributed by atoms with Crippen molar-refractivity contribution in [3.63, 3.8) is 0 Å². The number of phenols is 1. The molecule has 0 saturated heterocycles. The van der Waals surface area contributed by atoms with Crippen LogP contribution < -0.4 is 10.1 Å². The molecule has 28 heavy (non-hydrogen) atoms. The van der Waals surface area contributed by atoms with Gasteiger partial charge in [0.05, 0.1) is 5.56 Å². The summed E-state index contributed by atoms with van der Waals surface area (Å²) in [7, 11) is 0. The fraction of sp³-hybridized carbons (Fsp3) is 0. The van der Waals surface area contributed by atoms with Crippen LogP contribution in [0.15, 0.2) is 85.1 Å². The fourth-order valence-electron chi connectivity index (χ4n) is 2.74. The van der Waals surface area contributed by atoms with Gasteiger partial charge in [-0.05, 0) is 48.5 Å². The van der Waals surface area contributed by atoms with Crippen LogP contribution >= 0.6 is 12.4 Å². The molecule has 6 heteroatoms. The zero-order valence-electron chi connectivity index (χ0n) is 14.7. The SMILES string of the molecule is Cl.O=C(Nc1ccc(Oc2ccccc2)cc1)c1ccc2cccnc2c1O. The Morgan fingerprint density at radius 3 is 2.32 bits per heavy atom. The molecule has 0 atom stereocenters. The number of hydrogen-bond acceptors (Lipinski definition) is 4. The average Bonchev–Trinajstić information content (AvgIpc) is 2.71. The lowest BCUT2D eigenvalue weighted by atomic mass is 10.1. The van der Waals surface area contributed by atoms with Crippen molar-refractivity contribution in [1.82, 2.24) is 4.98 Å². The summed E-state index contributed by atoms with van der Waals surface area (Å²) in [4.78, 5) is 16.7. The van der Waals surface area contributed by atoms with Gasteiger partial charge in [-0.2, -0.15) is 0 Å². The second kappa shape index (κ2) is 8.41. The molecule has 0 aliphatic carbocycles. The minimum atomic E-state index is -0.406. The lowest BCUT2D eigenvalue weighted by Crippen LogP contribution is -2.12. The van der Waals surface area contributed by atoms with E-state index < -0.39 is 5.91 Å². The van der Waals surface area contributed by atoms with Crippen LogP contribution in [0.25, 0.3) is 10.9 Å². The number of fused-ring (bicyclic) bond motifs is 1. The minimum absolute atomic E-state index is 0. The van der Waals surface area contributed by atoms with Gasteiger partial charge in [0.15, 0.2) is 5.75 Å². The number of halogens is 1. The van der Waals surface area contributed by atoms with Gasteiger partial charge in [-0.1, -0.05) is 30.3 Å². The Labute approximate surface area is 168 Å². The molecular formula is C22H17ClN2O3. The molecule has 0 fully saturated rings. The quantitative estimate of drug-likeness (QED) is 0.487. The topological polar surface area (TPSA) is 71.5 Å². The Hall–Kier alpha value is -3.57. The van der Waals surface area contributed by atoms with Crippen molar-refractivity contribution in [2.45, 2.75) is 0 Å². The first kappa shape index (κ1) is 19.2. The summed E-state index contributed by atoms with van der Waals surface area (Å²) in [5.41, 5.74) is 1.17. The number of anilines is 1. The standard InChI is InChI=1S/C22H16N2O3.ClH/c25-21-19(13-8-15-5-4-14-23-20(15)21)22(26)24-16-9-11-18(12-10-16)27-17-6-2-1-3-7-17;/h1-14,25H,(H,24,26);1H. The molecule has 0 radical (unpaired) electrons. The van der Waals surface area contributed by atoms with E-state index in [4.69, 9.17) is 4.74 Å². The van der Waals surface area contributed by atoms with Gasteiger partial charge in [0.25, 0.3) is 5.91 Å². The smallest absolute Gasteiger partial charge is 0.259 e. The minimum Gasteiger partial charge on any atom is -0.505 e. The number of carbonyl (C=O) groups is 1. The second-order valence-corrected chi connectivity index (χ2v) is 5.93. The van der Waals surface area contributed by atoms with Crippen LogP contribution in [0.4, 0.5) is 5.69 Å². The maximum Gasteiger partial charge on any atom is 0.259 e. The largest absolute Gasteiger partial charge is 0.505 e. The molecular weight excluding hydrogens is 376 g/mol. The van der Waals surface area contributed by atoms with Crippen molar-refractivity contribution in [2.24, 2.45) is 0 Å². The van der Waals surface area contributed by atoms with Crippen molar-refractivity contribution < 1.29 is 14.6 Å². The van der Waals surface area contributed by atoms with Crippen LogP contribution in [-0.4, -0.2) is 16.0 Å². The summed E-state index contributed by atoms with van der Waals surface area (Å²) in [6.45, 7) is 0. The van der Waals surface area contributed by atoms with Crippen LogP contribution in [0.5, 0.6) is 17.2 Å². The number of pyridine rings is 1. The maximum absolute atomic E-state index is 12.5. The van der Waals surface area contributed by atoms with E-state index in [1.165, 1.54) is 0 Å². The molecule has 2 N–H and O–H groups in total. The first-order chi connectivity index (χ1) is 13.2. The van der Waals surface area contributed by atoms with E-state index in [1.807, 2.05) is 36.4 Å².